The number of benzene rings is 2. The zero-order chi connectivity index (χ0) is 16.4. The maximum atomic E-state index is 12.9. The van der Waals surface area contributed by atoms with E-state index in [9.17, 15) is 9.59 Å². The summed E-state index contributed by atoms with van der Waals surface area (Å²) in [7, 11) is 0. The summed E-state index contributed by atoms with van der Waals surface area (Å²) in [5.41, 5.74) is 0.936. The molecular formula is C17H12Cl2N2O2. The largest absolute Gasteiger partial charge is 0.298 e. The molecule has 0 aliphatic rings. The van der Waals surface area contributed by atoms with Crippen molar-refractivity contribution in [3.05, 3.63) is 69.7 Å². The smallest absolute Gasteiger partial charge is 0.265 e. The summed E-state index contributed by atoms with van der Waals surface area (Å²) >= 11 is 11.5. The highest BCUT2D eigenvalue weighted by Crippen LogP contribution is 2.16. The molecule has 23 heavy (non-hydrogen) atoms. The van der Waals surface area contributed by atoms with E-state index in [4.69, 9.17) is 23.2 Å². The molecule has 0 amide bonds. The zero-order valence-electron chi connectivity index (χ0n) is 12.0. The van der Waals surface area contributed by atoms with Gasteiger partial charge in [0.2, 0.25) is 0 Å². The molecule has 1 aromatic heterocycles. The van der Waals surface area contributed by atoms with Crippen molar-refractivity contribution in [2.24, 2.45) is 0 Å². The Morgan fingerprint density at radius 2 is 1.78 bits per heavy atom. The summed E-state index contributed by atoms with van der Waals surface area (Å²) in [6, 6.07) is 13.8. The Labute approximate surface area is 142 Å². The van der Waals surface area contributed by atoms with Crippen molar-refractivity contribution in [3.8, 4) is 5.69 Å². The van der Waals surface area contributed by atoms with E-state index >= 15 is 0 Å². The molecule has 0 bridgehead atoms. The van der Waals surface area contributed by atoms with E-state index in [0.717, 1.165) is 0 Å². The van der Waals surface area contributed by atoms with Gasteiger partial charge in [0.1, 0.15) is 5.82 Å². The number of carbonyl (C=O) groups is 1. The normalized spacial score (nSPS) is 10.9. The summed E-state index contributed by atoms with van der Waals surface area (Å²) < 4.78 is 1.43. The minimum atomic E-state index is -0.227. The number of alkyl halides is 1. The van der Waals surface area contributed by atoms with Crippen LogP contribution in [0.15, 0.2) is 53.3 Å². The number of hydrogen-bond donors (Lipinski definition) is 0. The third kappa shape index (κ3) is 3.14. The van der Waals surface area contributed by atoms with E-state index in [2.05, 4.69) is 4.98 Å². The lowest BCUT2D eigenvalue weighted by molar-refractivity contribution is -0.116. The van der Waals surface area contributed by atoms with Gasteiger partial charge in [-0.15, -0.1) is 11.6 Å². The SMILES string of the molecule is O=C(CCl)Cc1nc2ccccc2c(=O)n1-c1ccc(Cl)cc1. The summed E-state index contributed by atoms with van der Waals surface area (Å²) in [6.45, 7) is 0. The van der Waals surface area contributed by atoms with Gasteiger partial charge in [-0.2, -0.15) is 0 Å². The van der Waals surface area contributed by atoms with Crippen molar-refractivity contribution < 1.29 is 4.79 Å². The number of rotatable bonds is 4. The predicted molar refractivity (Wildman–Crippen MR) is 91.8 cm³/mol. The summed E-state index contributed by atoms with van der Waals surface area (Å²) in [5, 5.41) is 1.05. The van der Waals surface area contributed by atoms with Gasteiger partial charge in [-0.3, -0.25) is 14.2 Å². The first kappa shape index (κ1) is 15.7. The van der Waals surface area contributed by atoms with E-state index in [0.29, 0.717) is 27.4 Å². The minimum Gasteiger partial charge on any atom is -0.298 e. The van der Waals surface area contributed by atoms with Gasteiger partial charge < -0.3 is 0 Å². The molecule has 1 heterocycles. The van der Waals surface area contributed by atoms with Crippen LogP contribution in [0.2, 0.25) is 5.02 Å². The van der Waals surface area contributed by atoms with Crippen molar-refractivity contribution in [1.82, 2.24) is 9.55 Å². The first-order valence-corrected chi connectivity index (χ1v) is 7.85. The molecule has 3 rings (SSSR count). The molecule has 116 valence electrons. The van der Waals surface area contributed by atoms with Gasteiger partial charge in [0.15, 0.2) is 5.78 Å². The monoisotopic (exact) mass is 346 g/mol. The number of Topliss-reactive ketones (excluding diaryl/α,β-unsaturated/α-hetero) is 1. The van der Waals surface area contributed by atoms with Crippen LogP contribution in [0.25, 0.3) is 16.6 Å². The Hall–Kier alpha value is -2.17. The molecule has 0 atom stereocenters. The van der Waals surface area contributed by atoms with E-state index < -0.39 is 0 Å². The topological polar surface area (TPSA) is 52.0 Å². The van der Waals surface area contributed by atoms with Gasteiger partial charge in [-0.25, -0.2) is 4.98 Å². The average Bonchev–Trinajstić information content (AvgIpc) is 2.56. The fourth-order valence-corrected chi connectivity index (χ4v) is 2.60. The number of hydrogen-bond acceptors (Lipinski definition) is 3. The molecule has 0 unspecified atom stereocenters. The van der Waals surface area contributed by atoms with Crippen molar-refractivity contribution in [3.63, 3.8) is 0 Å². The quantitative estimate of drug-likeness (QED) is 0.680. The van der Waals surface area contributed by atoms with Crippen LogP contribution in [0.5, 0.6) is 0 Å². The maximum absolute atomic E-state index is 12.9. The minimum absolute atomic E-state index is 0.00774. The summed E-state index contributed by atoms with van der Waals surface area (Å²) in [4.78, 5) is 29.1. The molecule has 0 saturated heterocycles. The maximum Gasteiger partial charge on any atom is 0.265 e. The van der Waals surface area contributed by atoms with Crippen LogP contribution in [-0.2, 0) is 11.2 Å². The van der Waals surface area contributed by atoms with E-state index in [1.807, 2.05) is 0 Å². The van der Waals surface area contributed by atoms with Crippen molar-refractivity contribution in [1.29, 1.82) is 0 Å². The molecule has 0 aliphatic carbocycles. The summed E-state index contributed by atoms with van der Waals surface area (Å²) in [6.07, 6.45) is -0.00774. The molecule has 0 spiro atoms. The van der Waals surface area contributed by atoms with Crippen LogP contribution in [0, 0.1) is 0 Å². The zero-order valence-corrected chi connectivity index (χ0v) is 13.5. The number of nitrogens with zero attached hydrogens (tertiary/aromatic N) is 2. The van der Waals surface area contributed by atoms with Crippen LogP contribution in [-0.4, -0.2) is 21.2 Å². The Kier molecular flexibility index (Phi) is 4.46. The Morgan fingerprint density at radius 3 is 2.48 bits per heavy atom. The van der Waals surface area contributed by atoms with Crippen LogP contribution >= 0.6 is 23.2 Å². The third-order valence-corrected chi connectivity index (χ3v) is 3.98. The van der Waals surface area contributed by atoms with Crippen LogP contribution < -0.4 is 5.56 Å². The number of fused-ring (bicyclic) bond motifs is 1. The van der Waals surface area contributed by atoms with Crippen molar-refractivity contribution >= 4 is 39.9 Å². The lowest BCUT2D eigenvalue weighted by atomic mass is 10.2. The molecule has 0 aliphatic heterocycles. The van der Waals surface area contributed by atoms with Crippen LogP contribution in [0.4, 0.5) is 0 Å². The Morgan fingerprint density at radius 1 is 1.09 bits per heavy atom. The first-order valence-electron chi connectivity index (χ1n) is 6.94. The van der Waals surface area contributed by atoms with Gasteiger partial charge in [-0.1, -0.05) is 23.7 Å². The van der Waals surface area contributed by atoms with E-state index in [1.54, 1.807) is 48.5 Å². The lowest BCUT2D eigenvalue weighted by Gasteiger charge is -2.13. The molecule has 3 aromatic rings. The fraction of sp³-hybridized carbons (Fsp3) is 0.118. The molecule has 0 fully saturated rings. The first-order chi connectivity index (χ1) is 11.1. The molecule has 6 heteroatoms. The molecule has 0 saturated carbocycles. The fourth-order valence-electron chi connectivity index (χ4n) is 2.38. The van der Waals surface area contributed by atoms with Crippen molar-refractivity contribution in [2.45, 2.75) is 6.42 Å². The average molecular weight is 347 g/mol. The number of para-hydroxylation sites is 1. The van der Waals surface area contributed by atoms with Gasteiger partial charge in [-0.05, 0) is 36.4 Å². The van der Waals surface area contributed by atoms with E-state index in [1.165, 1.54) is 4.57 Å². The number of halogens is 2. The van der Waals surface area contributed by atoms with Gasteiger partial charge >= 0.3 is 0 Å². The second-order valence-electron chi connectivity index (χ2n) is 5.01. The highest BCUT2D eigenvalue weighted by atomic mass is 35.5. The van der Waals surface area contributed by atoms with Crippen LogP contribution in [0.1, 0.15) is 5.82 Å². The van der Waals surface area contributed by atoms with Gasteiger partial charge in [0, 0.05) is 5.02 Å². The Balaban J connectivity index is 2.29. The molecular weight excluding hydrogens is 335 g/mol. The number of aromatic nitrogens is 2. The second kappa shape index (κ2) is 6.52. The highest BCUT2D eigenvalue weighted by molar-refractivity contribution is 6.30. The molecule has 2 aromatic carbocycles. The number of ketones is 1. The van der Waals surface area contributed by atoms with Crippen LogP contribution in [0.3, 0.4) is 0 Å². The molecule has 4 nitrogen and oxygen atoms in total. The van der Waals surface area contributed by atoms with Crippen molar-refractivity contribution in [2.75, 3.05) is 5.88 Å². The lowest BCUT2D eigenvalue weighted by Crippen LogP contribution is -2.25. The van der Waals surface area contributed by atoms with Gasteiger partial charge in [0.05, 0.1) is 28.9 Å². The Bertz CT molecular complexity index is 933. The molecule has 0 radical (unpaired) electrons. The highest BCUT2D eigenvalue weighted by Gasteiger charge is 2.15. The standard InChI is InChI=1S/C17H12Cl2N2O2/c18-10-13(22)9-16-20-15-4-2-1-3-14(15)17(23)21(16)12-7-5-11(19)6-8-12/h1-8H,9-10H2. The molecule has 0 N–H and O–H groups in total. The number of carbonyl (C=O) groups excluding carboxylic acids is 1. The third-order valence-electron chi connectivity index (χ3n) is 3.43. The summed E-state index contributed by atoms with van der Waals surface area (Å²) in [5.74, 6) is 0.0433. The van der Waals surface area contributed by atoms with E-state index in [-0.39, 0.29) is 23.6 Å². The predicted octanol–water partition coefficient (Wildman–Crippen LogP) is 3.39. The second-order valence-corrected chi connectivity index (χ2v) is 5.71. The van der Waals surface area contributed by atoms with Gasteiger partial charge in [0.25, 0.3) is 5.56 Å².